The van der Waals surface area contributed by atoms with E-state index in [0.717, 1.165) is 16.3 Å². The Labute approximate surface area is 132 Å². The number of imidazole rings is 1. The third-order valence-corrected chi connectivity index (χ3v) is 5.24. The van der Waals surface area contributed by atoms with Crippen molar-refractivity contribution in [3.63, 3.8) is 0 Å². The summed E-state index contributed by atoms with van der Waals surface area (Å²) in [5.74, 6) is 0.145. The Morgan fingerprint density at radius 2 is 2.18 bits per heavy atom. The molecule has 1 amide bonds. The van der Waals surface area contributed by atoms with E-state index >= 15 is 0 Å². The number of carbonyl (C=O) groups excluding carboxylic acids is 1. The van der Waals surface area contributed by atoms with Crippen molar-refractivity contribution in [1.82, 2.24) is 14.7 Å². The van der Waals surface area contributed by atoms with Crippen LogP contribution in [0.1, 0.15) is 40.4 Å². The molecule has 0 aliphatic carbocycles. The summed E-state index contributed by atoms with van der Waals surface area (Å²) in [7, 11) is 0. The number of thiazole rings is 1. The van der Waals surface area contributed by atoms with Crippen LogP contribution in [0.25, 0.3) is 4.96 Å². The van der Waals surface area contributed by atoms with E-state index in [2.05, 4.69) is 48.0 Å². The third-order valence-electron chi connectivity index (χ3n) is 4.48. The average molecular weight is 311 g/mol. The minimum absolute atomic E-state index is 0.0569. The molecule has 0 saturated carbocycles. The summed E-state index contributed by atoms with van der Waals surface area (Å²) in [6.45, 7) is 4.75. The van der Waals surface area contributed by atoms with Crippen LogP contribution in [0.3, 0.4) is 0 Å². The second-order valence-corrected chi connectivity index (χ2v) is 6.75. The van der Waals surface area contributed by atoms with Crippen molar-refractivity contribution in [2.24, 2.45) is 0 Å². The second kappa shape index (κ2) is 4.95. The van der Waals surface area contributed by atoms with Gasteiger partial charge in [-0.3, -0.25) is 9.20 Å². The summed E-state index contributed by atoms with van der Waals surface area (Å²) in [4.78, 5) is 17.8. The molecule has 0 radical (unpaired) electrons. The highest BCUT2D eigenvalue weighted by molar-refractivity contribution is 7.15. The highest BCUT2D eigenvalue weighted by Gasteiger charge is 2.29. The quantitative estimate of drug-likeness (QED) is 0.750. The first kappa shape index (κ1) is 13.5. The Bertz CT molecular complexity index is 877. The van der Waals surface area contributed by atoms with Gasteiger partial charge in [-0.1, -0.05) is 18.2 Å². The molecule has 112 valence electrons. The highest BCUT2D eigenvalue weighted by atomic mass is 32.1. The predicted molar refractivity (Wildman–Crippen MR) is 87.3 cm³/mol. The van der Waals surface area contributed by atoms with Crippen molar-refractivity contribution in [3.05, 3.63) is 57.9 Å². The van der Waals surface area contributed by atoms with Gasteiger partial charge in [0.25, 0.3) is 0 Å². The van der Waals surface area contributed by atoms with Gasteiger partial charge in [0.15, 0.2) is 4.96 Å². The lowest BCUT2D eigenvalue weighted by Gasteiger charge is -2.16. The number of hydrogen-bond acceptors (Lipinski definition) is 3. The fourth-order valence-electron chi connectivity index (χ4n) is 3.14. The van der Waals surface area contributed by atoms with Crippen LogP contribution in [0, 0.1) is 13.8 Å². The van der Waals surface area contributed by atoms with Crippen LogP contribution in [0.4, 0.5) is 0 Å². The molecule has 1 N–H and O–H groups in total. The van der Waals surface area contributed by atoms with Crippen molar-refractivity contribution in [2.45, 2.75) is 32.7 Å². The number of amides is 1. The van der Waals surface area contributed by atoms with Gasteiger partial charge in [-0.25, -0.2) is 4.98 Å². The molecule has 1 aliphatic rings. The lowest BCUT2D eigenvalue weighted by Crippen LogP contribution is -2.21. The summed E-state index contributed by atoms with van der Waals surface area (Å²) in [5.41, 5.74) is 5.86. The number of carbonyl (C=O) groups is 1. The van der Waals surface area contributed by atoms with Crippen molar-refractivity contribution < 1.29 is 4.79 Å². The van der Waals surface area contributed by atoms with Crippen LogP contribution >= 0.6 is 11.3 Å². The molecule has 1 atom stereocenters. The van der Waals surface area contributed by atoms with Gasteiger partial charge in [-0.2, -0.15) is 0 Å². The number of benzene rings is 1. The molecule has 4 nitrogen and oxygen atoms in total. The maximum absolute atomic E-state index is 12.1. The van der Waals surface area contributed by atoms with E-state index in [9.17, 15) is 4.79 Å². The normalized spacial score (nSPS) is 18.1. The molecule has 2 aromatic heterocycles. The zero-order valence-corrected chi connectivity index (χ0v) is 13.4. The zero-order chi connectivity index (χ0) is 15.3. The van der Waals surface area contributed by atoms with Gasteiger partial charge in [0.2, 0.25) is 5.91 Å². The molecular formula is C17H17N3OS. The topological polar surface area (TPSA) is 46.4 Å². The van der Waals surface area contributed by atoms with E-state index in [-0.39, 0.29) is 11.8 Å². The minimum Gasteiger partial charge on any atom is -0.350 e. The zero-order valence-electron chi connectivity index (χ0n) is 12.6. The monoisotopic (exact) mass is 311 g/mol. The molecule has 0 spiro atoms. The molecule has 0 fully saturated rings. The smallest absolute Gasteiger partial charge is 0.221 e. The van der Waals surface area contributed by atoms with E-state index in [4.69, 9.17) is 4.98 Å². The lowest BCUT2D eigenvalue weighted by molar-refractivity contribution is -0.121. The Morgan fingerprint density at radius 1 is 1.32 bits per heavy atom. The summed E-state index contributed by atoms with van der Waals surface area (Å²) >= 11 is 1.63. The van der Waals surface area contributed by atoms with E-state index in [1.807, 2.05) is 5.38 Å². The fourth-order valence-corrected chi connectivity index (χ4v) is 3.88. The van der Waals surface area contributed by atoms with Gasteiger partial charge in [-0.15, -0.1) is 11.3 Å². The van der Waals surface area contributed by atoms with Crippen molar-refractivity contribution in [2.75, 3.05) is 0 Å². The number of nitrogens with zero attached hydrogens (tertiary/aromatic N) is 2. The maximum Gasteiger partial charge on any atom is 0.221 e. The lowest BCUT2D eigenvalue weighted by atomic mass is 9.89. The molecule has 0 saturated heterocycles. The second-order valence-electron chi connectivity index (χ2n) is 5.88. The Hall–Kier alpha value is -2.14. The SMILES string of the molecule is Cc1ccc([C@H]2CC(=O)NCc3nc4sccn4c32)cc1C. The molecule has 3 aromatic rings. The fraction of sp³-hybridized carbons (Fsp3) is 0.294. The van der Waals surface area contributed by atoms with Crippen LogP contribution in [-0.2, 0) is 11.3 Å². The largest absolute Gasteiger partial charge is 0.350 e. The molecule has 3 heterocycles. The van der Waals surface area contributed by atoms with E-state index in [0.29, 0.717) is 13.0 Å². The number of aromatic nitrogens is 2. The molecular weight excluding hydrogens is 294 g/mol. The maximum atomic E-state index is 12.1. The number of hydrogen-bond donors (Lipinski definition) is 1. The van der Waals surface area contributed by atoms with Gasteiger partial charge in [-0.05, 0) is 30.5 Å². The molecule has 0 bridgehead atoms. The van der Waals surface area contributed by atoms with Crippen molar-refractivity contribution >= 4 is 22.2 Å². The van der Waals surface area contributed by atoms with Gasteiger partial charge in [0, 0.05) is 23.9 Å². The number of fused-ring (bicyclic) bond motifs is 3. The van der Waals surface area contributed by atoms with Gasteiger partial charge < -0.3 is 5.32 Å². The predicted octanol–water partition coefficient (Wildman–Crippen LogP) is 3.16. The summed E-state index contributed by atoms with van der Waals surface area (Å²) in [5, 5.41) is 5.01. The molecule has 5 heteroatoms. The van der Waals surface area contributed by atoms with Crippen LogP contribution in [0.5, 0.6) is 0 Å². The molecule has 4 rings (SSSR count). The molecule has 22 heavy (non-hydrogen) atoms. The first-order valence-corrected chi connectivity index (χ1v) is 8.29. The van der Waals surface area contributed by atoms with Crippen LogP contribution in [0.15, 0.2) is 29.8 Å². The summed E-state index contributed by atoms with van der Waals surface area (Å²) in [6, 6.07) is 6.48. The van der Waals surface area contributed by atoms with Crippen LogP contribution in [-0.4, -0.2) is 15.3 Å². The van der Waals surface area contributed by atoms with E-state index in [1.165, 1.54) is 16.7 Å². The van der Waals surface area contributed by atoms with Gasteiger partial charge in [0.1, 0.15) is 0 Å². The summed E-state index contributed by atoms with van der Waals surface area (Å²) in [6.07, 6.45) is 2.52. The van der Waals surface area contributed by atoms with Gasteiger partial charge in [0.05, 0.1) is 17.9 Å². The first-order chi connectivity index (χ1) is 10.6. The van der Waals surface area contributed by atoms with E-state index in [1.54, 1.807) is 11.3 Å². The highest BCUT2D eigenvalue weighted by Crippen LogP contribution is 2.34. The van der Waals surface area contributed by atoms with E-state index < -0.39 is 0 Å². The molecule has 1 aliphatic heterocycles. The summed E-state index contributed by atoms with van der Waals surface area (Å²) < 4.78 is 2.14. The van der Waals surface area contributed by atoms with Crippen LogP contribution in [0.2, 0.25) is 0 Å². The van der Waals surface area contributed by atoms with Gasteiger partial charge >= 0.3 is 0 Å². The molecule has 1 aromatic carbocycles. The Morgan fingerprint density at radius 3 is 3.00 bits per heavy atom. The van der Waals surface area contributed by atoms with Crippen molar-refractivity contribution in [3.8, 4) is 0 Å². The third kappa shape index (κ3) is 2.04. The Kier molecular flexibility index (Phi) is 3.04. The van der Waals surface area contributed by atoms with Crippen molar-refractivity contribution in [1.29, 1.82) is 0 Å². The number of rotatable bonds is 1. The van der Waals surface area contributed by atoms with Crippen LogP contribution < -0.4 is 5.32 Å². The minimum atomic E-state index is 0.0569. The molecule has 0 unspecified atom stereocenters. The number of nitrogens with one attached hydrogen (secondary N) is 1. The Balaban J connectivity index is 1.92. The first-order valence-electron chi connectivity index (χ1n) is 7.41. The standard InChI is InChI=1S/C17H17N3OS/c1-10-3-4-12(7-11(10)2)13-8-15(21)18-9-14-16(13)20-5-6-22-17(20)19-14/h3-7,13H,8-9H2,1-2H3,(H,18,21)/t13-/m1/s1. The number of aryl methyl sites for hydroxylation is 2. The average Bonchev–Trinajstić information content (AvgIpc) is 3.02.